The van der Waals surface area contributed by atoms with Crippen molar-refractivity contribution in [2.24, 2.45) is 0 Å². The molecule has 28 heavy (non-hydrogen) atoms. The molecule has 1 saturated heterocycles. The van der Waals surface area contributed by atoms with E-state index in [-0.39, 0.29) is 23.8 Å². The van der Waals surface area contributed by atoms with Gasteiger partial charge >= 0.3 is 0 Å². The molecule has 0 unspecified atom stereocenters. The third-order valence-corrected chi connectivity index (χ3v) is 6.94. The van der Waals surface area contributed by atoms with Crippen LogP contribution in [0.1, 0.15) is 31.7 Å². The minimum atomic E-state index is -3.64. The molecule has 0 aromatic heterocycles. The van der Waals surface area contributed by atoms with Crippen molar-refractivity contribution in [1.82, 2.24) is 19.4 Å². The van der Waals surface area contributed by atoms with E-state index in [4.69, 9.17) is 0 Å². The van der Waals surface area contributed by atoms with Crippen LogP contribution in [0.4, 0.5) is 0 Å². The fourth-order valence-electron chi connectivity index (χ4n) is 3.13. The van der Waals surface area contributed by atoms with Gasteiger partial charge in [0.15, 0.2) is 0 Å². The van der Waals surface area contributed by atoms with Crippen LogP contribution in [0.15, 0.2) is 29.2 Å². The molecule has 0 aliphatic carbocycles. The molecular formula is C20H34N4O3S. The van der Waals surface area contributed by atoms with Crippen LogP contribution in [0.25, 0.3) is 0 Å². The lowest BCUT2D eigenvalue weighted by atomic mass is 10.0. The first kappa shape index (κ1) is 22.8. The highest BCUT2D eigenvalue weighted by Crippen LogP contribution is 2.20. The largest absolute Gasteiger partial charge is 0.340 e. The maximum absolute atomic E-state index is 13.2. The third-order valence-electron chi connectivity index (χ3n) is 5.03. The molecule has 2 rings (SSSR count). The van der Waals surface area contributed by atoms with E-state index in [9.17, 15) is 13.2 Å². The molecule has 1 aromatic rings. The molecule has 0 radical (unpaired) electrons. The Bertz CT molecular complexity index is 726. The van der Waals surface area contributed by atoms with E-state index < -0.39 is 10.0 Å². The molecule has 0 spiro atoms. The van der Waals surface area contributed by atoms with E-state index in [0.29, 0.717) is 32.1 Å². The van der Waals surface area contributed by atoms with Crippen molar-refractivity contribution in [2.45, 2.75) is 31.1 Å². The summed E-state index contributed by atoms with van der Waals surface area (Å²) in [5, 5.41) is 3.22. The second-order valence-corrected chi connectivity index (χ2v) is 9.75. The number of nitrogens with one attached hydrogen (secondary N) is 1. The van der Waals surface area contributed by atoms with Gasteiger partial charge in [-0.15, -0.1) is 0 Å². The normalized spacial score (nSPS) is 15.6. The summed E-state index contributed by atoms with van der Waals surface area (Å²) in [6, 6.07) is 7.08. The monoisotopic (exact) mass is 410 g/mol. The maximum atomic E-state index is 13.2. The number of benzene rings is 1. The van der Waals surface area contributed by atoms with Crippen LogP contribution in [-0.4, -0.2) is 88.3 Å². The van der Waals surface area contributed by atoms with Gasteiger partial charge in [-0.2, -0.15) is 4.31 Å². The Balaban J connectivity index is 2.12. The molecule has 1 N–H and O–H groups in total. The molecule has 1 aromatic carbocycles. The topological polar surface area (TPSA) is 73.0 Å². The van der Waals surface area contributed by atoms with Crippen molar-refractivity contribution in [3.8, 4) is 0 Å². The van der Waals surface area contributed by atoms with E-state index in [1.807, 2.05) is 36.0 Å². The number of carbonyl (C=O) groups is 1. The zero-order valence-corrected chi connectivity index (χ0v) is 18.3. The van der Waals surface area contributed by atoms with Crippen molar-refractivity contribution in [3.05, 3.63) is 29.8 Å². The van der Waals surface area contributed by atoms with Gasteiger partial charge in [-0.1, -0.05) is 26.0 Å². The van der Waals surface area contributed by atoms with E-state index >= 15 is 0 Å². The summed E-state index contributed by atoms with van der Waals surface area (Å²) in [6.45, 7) is 8.25. The Morgan fingerprint density at radius 2 is 1.68 bits per heavy atom. The number of piperazine rings is 1. The van der Waals surface area contributed by atoms with Crippen molar-refractivity contribution in [3.63, 3.8) is 0 Å². The minimum absolute atomic E-state index is 0.0155. The SMILES string of the molecule is CC(C)c1ccc(S(=O)(=O)N(CCC(=O)N2CCNCC2)CCN(C)C)cc1. The van der Waals surface area contributed by atoms with E-state index in [0.717, 1.165) is 18.7 Å². The number of hydrogen-bond acceptors (Lipinski definition) is 5. The summed E-state index contributed by atoms with van der Waals surface area (Å²) in [6.07, 6.45) is 0.205. The highest BCUT2D eigenvalue weighted by atomic mass is 32.2. The number of hydrogen-bond donors (Lipinski definition) is 1. The van der Waals surface area contributed by atoms with Gasteiger partial charge in [-0.05, 0) is 37.7 Å². The van der Waals surface area contributed by atoms with Gasteiger partial charge in [-0.3, -0.25) is 4.79 Å². The lowest BCUT2D eigenvalue weighted by molar-refractivity contribution is -0.131. The van der Waals surface area contributed by atoms with Crippen LogP contribution < -0.4 is 5.32 Å². The van der Waals surface area contributed by atoms with E-state index in [2.05, 4.69) is 19.2 Å². The molecule has 1 aliphatic heterocycles. The standard InChI is InChI=1S/C20H34N4O3S/c1-17(2)18-5-7-19(8-6-18)28(26,27)24(16-15-22(3)4)12-9-20(25)23-13-10-21-11-14-23/h5-8,17,21H,9-16H2,1-4H3. The summed E-state index contributed by atoms with van der Waals surface area (Å²) < 4.78 is 27.8. The predicted octanol–water partition coefficient (Wildman–Crippen LogP) is 1.18. The van der Waals surface area contributed by atoms with Crippen LogP contribution in [0.2, 0.25) is 0 Å². The zero-order valence-electron chi connectivity index (χ0n) is 17.5. The molecule has 1 amide bonds. The Morgan fingerprint density at radius 3 is 2.21 bits per heavy atom. The average Bonchev–Trinajstić information content (AvgIpc) is 2.68. The number of sulfonamides is 1. The van der Waals surface area contributed by atoms with Gasteiger partial charge in [0, 0.05) is 52.2 Å². The van der Waals surface area contributed by atoms with Gasteiger partial charge in [0.25, 0.3) is 0 Å². The second kappa shape index (κ2) is 10.3. The average molecular weight is 411 g/mol. The van der Waals surface area contributed by atoms with Crippen molar-refractivity contribution in [1.29, 1.82) is 0 Å². The van der Waals surface area contributed by atoms with Gasteiger partial charge in [0.1, 0.15) is 0 Å². The molecule has 7 nitrogen and oxygen atoms in total. The molecule has 158 valence electrons. The number of amides is 1. The maximum Gasteiger partial charge on any atom is 0.243 e. The Kier molecular flexibility index (Phi) is 8.42. The minimum Gasteiger partial charge on any atom is -0.340 e. The first-order chi connectivity index (χ1) is 13.2. The molecule has 0 saturated carbocycles. The summed E-state index contributed by atoms with van der Waals surface area (Å²) in [5.74, 6) is 0.361. The lowest BCUT2D eigenvalue weighted by Gasteiger charge is -2.29. The van der Waals surface area contributed by atoms with Crippen LogP contribution >= 0.6 is 0 Å². The lowest BCUT2D eigenvalue weighted by Crippen LogP contribution is -2.47. The fourth-order valence-corrected chi connectivity index (χ4v) is 4.56. The van der Waals surface area contributed by atoms with Crippen LogP contribution in [0.5, 0.6) is 0 Å². The highest BCUT2D eigenvalue weighted by molar-refractivity contribution is 7.89. The second-order valence-electron chi connectivity index (χ2n) is 7.81. The molecule has 0 bridgehead atoms. The summed E-state index contributed by atoms with van der Waals surface area (Å²) in [4.78, 5) is 16.5. The number of likely N-dealkylation sites (N-methyl/N-ethyl adjacent to an activating group) is 1. The Labute approximate surface area is 169 Å². The van der Waals surface area contributed by atoms with Crippen molar-refractivity contribution >= 4 is 15.9 Å². The number of nitrogens with zero attached hydrogens (tertiary/aromatic N) is 3. The smallest absolute Gasteiger partial charge is 0.243 e. The molecular weight excluding hydrogens is 376 g/mol. The predicted molar refractivity (Wildman–Crippen MR) is 112 cm³/mol. The highest BCUT2D eigenvalue weighted by Gasteiger charge is 2.26. The Morgan fingerprint density at radius 1 is 1.07 bits per heavy atom. The van der Waals surface area contributed by atoms with Gasteiger partial charge < -0.3 is 15.1 Å². The summed E-state index contributed by atoms with van der Waals surface area (Å²) in [7, 11) is 0.180. The first-order valence-electron chi connectivity index (χ1n) is 9.95. The molecule has 0 atom stereocenters. The third kappa shape index (κ3) is 6.27. The molecule has 1 aliphatic rings. The quantitative estimate of drug-likeness (QED) is 0.662. The van der Waals surface area contributed by atoms with Crippen molar-refractivity contribution < 1.29 is 13.2 Å². The van der Waals surface area contributed by atoms with Gasteiger partial charge in [-0.25, -0.2) is 8.42 Å². The first-order valence-corrected chi connectivity index (χ1v) is 11.4. The Hall–Kier alpha value is -1.48. The van der Waals surface area contributed by atoms with Gasteiger partial charge in [0.05, 0.1) is 4.90 Å². The van der Waals surface area contributed by atoms with Crippen molar-refractivity contribution in [2.75, 3.05) is 59.9 Å². The number of rotatable bonds is 9. The van der Waals surface area contributed by atoms with Crippen LogP contribution in [-0.2, 0) is 14.8 Å². The molecule has 1 fully saturated rings. The summed E-state index contributed by atoms with van der Waals surface area (Å²) >= 11 is 0. The van der Waals surface area contributed by atoms with Gasteiger partial charge in [0.2, 0.25) is 15.9 Å². The van der Waals surface area contributed by atoms with Crippen LogP contribution in [0, 0.1) is 0 Å². The van der Waals surface area contributed by atoms with Crippen LogP contribution in [0.3, 0.4) is 0 Å². The number of carbonyl (C=O) groups excluding carboxylic acids is 1. The zero-order chi connectivity index (χ0) is 20.7. The summed E-state index contributed by atoms with van der Waals surface area (Å²) in [5.41, 5.74) is 1.10. The fraction of sp³-hybridized carbons (Fsp3) is 0.650. The van der Waals surface area contributed by atoms with E-state index in [1.165, 1.54) is 4.31 Å². The molecule has 8 heteroatoms. The van der Waals surface area contributed by atoms with E-state index in [1.54, 1.807) is 12.1 Å². The molecule has 1 heterocycles.